The van der Waals surface area contributed by atoms with Crippen LogP contribution in [0.25, 0.3) is 10.2 Å². The molecule has 0 spiro atoms. The lowest BCUT2D eigenvalue weighted by atomic mass is 10.1. The maximum absolute atomic E-state index is 12.8. The number of rotatable bonds is 2. The third-order valence-electron chi connectivity index (χ3n) is 4.13. The van der Waals surface area contributed by atoms with Gasteiger partial charge in [-0.1, -0.05) is 23.2 Å². The van der Waals surface area contributed by atoms with Crippen LogP contribution in [0.2, 0.25) is 10.0 Å². The molecule has 3 nitrogen and oxygen atoms in total. The molecule has 3 aromatic rings. The van der Waals surface area contributed by atoms with Gasteiger partial charge in [0, 0.05) is 21.7 Å². The Balaban J connectivity index is 1.85. The first-order valence-electron chi connectivity index (χ1n) is 7.25. The second kappa shape index (κ2) is 5.48. The summed E-state index contributed by atoms with van der Waals surface area (Å²) in [7, 11) is 0. The monoisotopic (exact) mass is 362 g/mol. The molecule has 116 valence electrons. The SMILES string of the molecule is Nc1c(C(=O)c2ccc(Cl)cc2Cl)sc2nc3c(cc12)CCC3. The van der Waals surface area contributed by atoms with Gasteiger partial charge in [-0.2, -0.15) is 0 Å². The van der Waals surface area contributed by atoms with Gasteiger partial charge in [-0.15, -0.1) is 11.3 Å². The Labute approximate surface area is 147 Å². The van der Waals surface area contributed by atoms with E-state index in [1.165, 1.54) is 16.9 Å². The first kappa shape index (κ1) is 14.9. The van der Waals surface area contributed by atoms with Crippen molar-refractivity contribution in [1.82, 2.24) is 4.98 Å². The van der Waals surface area contributed by atoms with Crippen LogP contribution in [0.1, 0.15) is 32.9 Å². The molecule has 6 heteroatoms. The van der Waals surface area contributed by atoms with Crippen LogP contribution in [0, 0.1) is 0 Å². The van der Waals surface area contributed by atoms with Crippen LogP contribution >= 0.6 is 34.5 Å². The second-order valence-corrected chi connectivity index (χ2v) is 7.44. The summed E-state index contributed by atoms with van der Waals surface area (Å²) in [6.45, 7) is 0. The normalized spacial score (nSPS) is 13.5. The number of pyridine rings is 1. The van der Waals surface area contributed by atoms with E-state index in [0.717, 1.165) is 35.2 Å². The average molecular weight is 363 g/mol. The van der Waals surface area contributed by atoms with Gasteiger partial charge in [-0.25, -0.2) is 4.98 Å². The number of aryl methyl sites for hydroxylation is 2. The molecule has 4 rings (SSSR count). The Morgan fingerprint density at radius 2 is 2.04 bits per heavy atom. The minimum Gasteiger partial charge on any atom is -0.397 e. The van der Waals surface area contributed by atoms with Crippen LogP contribution in [0.5, 0.6) is 0 Å². The van der Waals surface area contributed by atoms with Crippen molar-refractivity contribution >= 4 is 56.2 Å². The van der Waals surface area contributed by atoms with Gasteiger partial charge < -0.3 is 5.73 Å². The number of anilines is 1. The summed E-state index contributed by atoms with van der Waals surface area (Å²) in [4.78, 5) is 18.8. The van der Waals surface area contributed by atoms with Gasteiger partial charge in [0.15, 0.2) is 0 Å². The number of nitrogen functional groups attached to an aromatic ring is 1. The molecule has 0 atom stereocenters. The van der Waals surface area contributed by atoms with E-state index in [1.54, 1.807) is 18.2 Å². The van der Waals surface area contributed by atoms with Crippen LogP contribution in [-0.2, 0) is 12.8 Å². The largest absolute Gasteiger partial charge is 0.397 e. The van der Waals surface area contributed by atoms with Gasteiger partial charge >= 0.3 is 0 Å². The van der Waals surface area contributed by atoms with Crippen molar-refractivity contribution in [3.05, 3.63) is 56.0 Å². The molecule has 1 aliphatic carbocycles. The summed E-state index contributed by atoms with van der Waals surface area (Å²) in [5.41, 5.74) is 9.49. The number of nitrogens with zero attached hydrogens (tertiary/aromatic N) is 1. The average Bonchev–Trinajstić information content (AvgIpc) is 3.09. The number of fused-ring (bicyclic) bond motifs is 2. The second-order valence-electron chi connectivity index (χ2n) is 5.60. The minimum absolute atomic E-state index is 0.188. The number of hydrogen-bond donors (Lipinski definition) is 1. The number of aromatic nitrogens is 1. The molecule has 2 aromatic heterocycles. The van der Waals surface area contributed by atoms with E-state index in [9.17, 15) is 4.79 Å². The van der Waals surface area contributed by atoms with Gasteiger partial charge in [-0.3, -0.25) is 4.79 Å². The van der Waals surface area contributed by atoms with Crippen molar-refractivity contribution in [2.75, 3.05) is 5.73 Å². The zero-order valence-corrected chi connectivity index (χ0v) is 14.4. The molecular formula is C17H12Cl2N2OS. The number of carbonyl (C=O) groups is 1. The third-order valence-corrected chi connectivity index (χ3v) is 5.79. The lowest BCUT2D eigenvalue weighted by molar-refractivity contribution is 0.104. The maximum atomic E-state index is 12.8. The number of thiophene rings is 1. The van der Waals surface area contributed by atoms with Crippen molar-refractivity contribution < 1.29 is 4.79 Å². The zero-order chi connectivity index (χ0) is 16.1. The van der Waals surface area contributed by atoms with Gasteiger partial charge in [0.1, 0.15) is 9.71 Å². The highest BCUT2D eigenvalue weighted by atomic mass is 35.5. The van der Waals surface area contributed by atoms with E-state index >= 15 is 0 Å². The van der Waals surface area contributed by atoms with Crippen molar-refractivity contribution in [3.8, 4) is 0 Å². The van der Waals surface area contributed by atoms with Crippen LogP contribution in [0.3, 0.4) is 0 Å². The van der Waals surface area contributed by atoms with Gasteiger partial charge in [0.25, 0.3) is 0 Å². The Kier molecular flexibility index (Phi) is 3.56. The molecule has 23 heavy (non-hydrogen) atoms. The summed E-state index contributed by atoms with van der Waals surface area (Å²) in [5.74, 6) is -0.188. The van der Waals surface area contributed by atoms with Crippen molar-refractivity contribution in [3.63, 3.8) is 0 Å². The summed E-state index contributed by atoms with van der Waals surface area (Å²) in [5, 5.41) is 1.69. The first-order chi connectivity index (χ1) is 11.0. The fourth-order valence-electron chi connectivity index (χ4n) is 2.96. The molecule has 1 aliphatic rings. The van der Waals surface area contributed by atoms with Crippen LogP contribution in [0.15, 0.2) is 24.3 Å². The van der Waals surface area contributed by atoms with Crippen molar-refractivity contribution in [1.29, 1.82) is 0 Å². The topological polar surface area (TPSA) is 56.0 Å². The Bertz CT molecular complexity index is 965. The van der Waals surface area contributed by atoms with E-state index in [0.29, 0.717) is 26.2 Å². The van der Waals surface area contributed by atoms with Crippen LogP contribution in [-0.4, -0.2) is 10.8 Å². The lowest BCUT2D eigenvalue weighted by Gasteiger charge is -2.03. The lowest BCUT2D eigenvalue weighted by Crippen LogP contribution is -2.02. The van der Waals surface area contributed by atoms with Gasteiger partial charge in [-0.05, 0) is 49.1 Å². The number of benzene rings is 1. The molecule has 2 heterocycles. The van der Waals surface area contributed by atoms with Crippen molar-refractivity contribution in [2.45, 2.75) is 19.3 Å². The molecule has 0 saturated carbocycles. The molecule has 0 aliphatic heterocycles. The highest BCUT2D eigenvalue weighted by molar-refractivity contribution is 7.21. The predicted octanol–water partition coefficient (Wildman–Crippen LogP) is 4.91. The summed E-state index contributed by atoms with van der Waals surface area (Å²) in [6, 6.07) is 6.92. The molecule has 0 radical (unpaired) electrons. The Morgan fingerprint density at radius 3 is 2.83 bits per heavy atom. The molecule has 0 saturated heterocycles. The van der Waals surface area contributed by atoms with E-state index in [4.69, 9.17) is 28.9 Å². The van der Waals surface area contributed by atoms with E-state index < -0.39 is 0 Å². The maximum Gasteiger partial charge on any atom is 0.206 e. The highest BCUT2D eigenvalue weighted by Gasteiger charge is 2.23. The number of nitrogens with two attached hydrogens (primary N) is 1. The van der Waals surface area contributed by atoms with Crippen LogP contribution in [0.4, 0.5) is 5.69 Å². The summed E-state index contributed by atoms with van der Waals surface area (Å²) in [6.07, 6.45) is 3.15. The Morgan fingerprint density at radius 1 is 1.22 bits per heavy atom. The molecule has 0 bridgehead atoms. The van der Waals surface area contributed by atoms with Gasteiger partial charge in [0.2, 0.25) is 5.78 Å². The van der Waals surface area contributed by atoms with Crippen molar-refractivity contribution in [2.24, 2.45) is 0 Å². The minimum atomic E-state index is -0.188. The molecule has 1 aromatic carbocycles. The van der Waals surface area contributed by atoms with E-state index in [-0.39, 0.29) is 5.78 Å². The highest BCUT2D eigenvalue weighted by Crippen LogP contribution is 2.37. The smallest absolute Gasteiger partial charge is 0.206 e. The number of carbonyl (C=O) groups excluding carboxylic acids is 1. The van der Waals surface area contributed by atoms with Crippen LogP contribution < -0.4 is 5.73 Å². The molecule has 0 unspecified atom stereocenters. The quantitative estimate of drug-likeness (QED) is 0.659. The summed E-state index contributed by atoms with van der Waals surface area (Å²) >= 11 is 13.4. The first-order valence-corrected chi connectivity index (χ1v) is 8.82. The van der Waals surface area contributed by atoms with E-state index in [2.05, 4.69) is 11.1 Å². The number of hydrogen-bond acceptors (Lipinski definition) is 4. The fourth-order valence-corrected chi connectivity index (χ4v) is 4.51. The van der Waals surface area contributed by atoms with Gasteiger partial charge in [0.05, 0.1) is 10.7 Å². The molecule has 0 amide bonds. The molecule has 0 fully saturated rings. The molecular weight excluding hydrogens is 351 g/mol. The number of ketones is 1. The summed E-state index contributed by atoms with van der Waals surface area (Å²) < 4.78 is 0. The van der Waals surface area contributed by atoms with E-state index in [1.807, 2.05) is 0 Å². The molecule has 2 N–H and O–H groups in total. The predicted molar refractivity (Wildman–Crippen MR) is 96.0 cm³/mol. The third kappa shape index (κ3) is 2.42. The number of halogens is 2. The zero-order valence-electron chi connectivity index (χ0n) is 12.0. The Hall–Kier alpha value is -1.62. The fraction of sp³-hybridized carbons (Fsp3) is 0.176. The standard InChI is InChI=1S/C17H12Cl2N2OS/c18-9-4-5-10(12(19)7-9)15(22)16-14(20)11-6-8-2-1-3-13(8)21-17(11)23-16/h4-7H,1-3,20H2.